The number of hydrogen-bond acceptors (Lipinski definition) is 7. The molecule has 2 heterocycles. The molecule has 3 atom stereocenters. The molecule has 1 aromatic heterocycles. The number of rotatable bonds is 7. The predicted octanol–water partition coefficient (Wildman–Crippen LogP) is 4.00. The highest BCUT2D eigenvalue weighted by molar-refractivity contribution is 6.27. The first kappa shape index (κ1) is 23.8. The van der Waals surface area contributed by atoms with Gasteiger partial charge in [0.2, 0.25) is 0 Å². The maximum Gasteiger partial charge on any atom is 0.433 e. The van der Waals surface area contributed by atoms with Crippen LogP contribution in [0.25, 0.3) is 5.76 Å². The van der Waals surface area contributed by atoms with E-state index in [1.165, 1.54) is 0 Å². The Labute approximate surface area is 188 Å². The van der Waals surface area contributed by atoms with Crippen molar-refractivity contribution in [1.29, 1.82) is 0 Å². The summed E-state index contributed by atoms with van der Waals surface area (Å²) in [6, 6.07) is 1.74. The minimum atomic E-state index is -4.70. The Morgan fingerprint density at radius 1 is 1.09 bits per heavy atom. The van der Waals surface area contributed by atoms with Crippen molar-refractivity contribution >= 4 is 17.3 Å². The summed E-state index contributed by atoms with van der Waals surface area (Å²) in [5, 5.41) is 10.8. The fraction of sp³-hybridized carbons (Fsp3) is 0.609. The van der Waals surface area contributed by atoms with Crippen molar-refractivity contribution in [3.63, 3.8) is 0 Å². The van der Waals surface area contributed by atoms with Crippen LogP contribution in [0.1, 0.15) is 55.5 Å². The standard InChI is InChI=1S/C23H26F3NO6/c24-23(25,26)17-7-6-15(22(30)19-20(28)13-4-5-14(11-13)21(19)29)16(27-17)12-31-9-10-33-18-3-1-2-8-32-18/h6-7,13-14,18,30H,1-5,8-12H2. The Morgan fingerprint density at radius 3 is 2.45 bits per heavy atom. The molecule has 2 bridgehead atoms. The molecule has 7 nitrogen and oxygen atoms in total. The van der Waals surface area contributed by atoms with Gasteiger partial charge < -0.3 is 19.3 Å². The number of ether oxygens (including phenoxy) is 3. The molecule has 4 rings (SSSR count). The van der Waals surface area contributed by atoms with E-state index < -0.39 is 29.2 Å². The molecule has 33 heavy (non-hydrogen) atoms. The van der Waals surface area contributed by atoms with Crippen LogP contribution in [0.15, 0.2) is 17.7 Å². The molecule has 0 spiro atoms. The van der Waals surface area contributed by atoms with Gasteiger partial charge in [0.05, 0.1) is 25.5 Å². The first-order chi connectivity index (χ1) is 15.8. The van der Waals surface area contributed by atoms with Gasteiger partial charge in [-0.3, -0.25) is 9.59 Å². The summed E-state index contributed by atoms with van der Waals surface area (Å²) in [6.45, 7) is 0.500. The van der Waals surface area contributed by atoms with Crippen molar-refractivity contribution in [2.45, 2.75) is 57.6 Å². The van der Waals surface area contributed by atoms with Crippen molar-refractivity contribution in [2.75, 3.05) is 19.8 Å². The van der Waals surface area contributed by atoms with E-state index in [1.54, 1.807) is 0 Å². The zero-order valence-electron chi connectivity index (χ0n) is 18.0. The number of carbonyl (C=O) groups is 2. The van der Waals surface area contributed by atoms with Gasteiger partial charge >= 0.3 is 6.18 Å². The van der Waals surface area contributed by atoms with Gasteiger partial charge in [0, 0.05) is 24.0 Å². The van der Waals surface area contributed by atoms with Crippen molar-refractivity contribution in [3.05, 3.63) is 34.7 Å². The molecule has 180 valence electrons. The predicted molar refractivity (Wildman–Crippen MR) is 109 cm³/mol. The zero-order valence-corrected chi connectivity index (χ0v) is 18.0. The average molecular weight is 469 g/mol. The van der Waals surface area contributed by atoms with E-state index in [2.05, 4.69) is 4.98 Å². The van der Waals surface area contributed by atoms with E-state index in [1.807, 2.05) is 0 Å². The minimum Gasteiger partial charge on any atom is -0.506 e. The number of aromatic nitrogens is 1. The molecule has 0 aromatic carbocycles. The maximum atomic E-state index is 13.2. The molecular weight excluding hydrogens is 443 g/mol. The second kappa shape index (κ2) is 9.90. The van der Waals surface area contributed by atoms with Crippen LogP contribution in [-0.4, -0.2) is 47.8 Å². The van der Waals surface area contributed by atoms with Crippen molar-refractivity contribution < 1.29 is 42.1 Å². The Hall–Kier alpha value is -2.30. The molecule has 3 unspecified atom stereocenters. The smallest absolute Gasteiger partial charge is 0.433 e. The van der Waals surface area contributed by atoms with Gasteiger partial charge in [-0.15, -0.1) is 0 Å². The first-order valence-corrected chi connectivity index (χ1v) is 11.2. The Kier molecular flexibility index (Phi) is 7.16. The van der Waals surface area contributed by atoms with Gasteiger partial charge in [-0.05, 0) is 50.7 Å². The van der Waals surface area contributed by atoms with E-state index in [0.29, 0.717) is 31.9 Å². The van der Waals surface area contributed by atoms with Gasteiger partial charge in [0.1, 0.15) is 17.0 Å². The van der Waals surface area contributed by atoms with Crippen LogP contribution in [0, 0.1) is 11.8 Å². The highest BCUT2D eigenvalue weighted by Crippen LogP contribution is 2.42. The molecule has 2 aliphatic carbocycles. The van der Waals surface area contributed by atoms with Gasteiger partial charge in [-0.1, -0.05) is 0 Å². The van der Waals surface area contributed by atoms with Crippen molar-refractivity contribution in [1.82, 2.24) is 4.98 Å². The van der Waals surface area contributed by atoms with Crippen LogP contribution in [0.4, 0.5) is 13.2 Å². The molecule has 10 heteroatoms. The summed E-state index contributed by atoms with van der Waals surface area (Å²) >= 11 is 0. The Balaban J connectivity index is 1.52. The fourth-order valence-corrected chi connectivity index (χ4v) is 4.59. The van der Waals surface area contributed by atoms with Crippen LogP contribution in [-0.2, 0) is 36.6 Å². The van der Waals surface area contributed by atoms with E-state index in [-0.39, 0.29) is 54.8 Å². The minimum absolute atomic E-state index is 0.0660. The number of aliphatic hydroxyl groups is 1. The van der Waals surface area contributed by atoms with Crippen LogP contribution in [0.2, 0.25) is 0 Å². The lowest BCUT2D eigenvalue weighted by Gasteiger charge is -2.22. The topological polar surface area (TPSA) is 95.0 Å². The normalized spacial score (nSPS) is 25.5. The number of alkyl halides is 3. The Morgan fingerprint density at radius 2 is 1.82 bits per heavy atom. The lowest BCUT2D eigenvalue weighted by Crippen LogP contribution is -2.30. The number of fused-ring (bicyclic) bond motifs is 2. The number of pyridine rings is 1. The molecule has 0 radical (unpaired) electrons. The zero-order chi connectivity index (χ0) is 23.6. The number of hydrogen-bond donors (Lipinski definition) is 1. The van der Waals surface area contributed by atoms with Crippen LogP contribution < -0.4 is 0 Å². The lowest BCUT2D eigenvalue weighted by molar-refractivity contribution is -0.169. The average Bonchev–Trinajstić information content (AvgIpc) is 3.25. The van der Waals surface area contributed by atoms with E-state index in [0.717, 1.165) is 25.3 Å². The highest BCUT2D eigenvalue weighted by atomic mass is 19.4. The molecule has 1 aliphatic heterocycles. The molecule has 3 fully saturated rings. The summed E-state index contributed by atoms with van der Waals surface area (Å²) < 4.78 is 56.1. The van der Waals surface area contributed by atoms with Gasteiger partial charge in [-0.25, -0.2) is 4.98 Å². The Bertz CT molecular complexity index is 915. The van der Waals surface area contributed by atoms with Crippen LogP contribution in [0.5, 0.6) is 0 Å². The maximum absolute atomic E-state index is 13.2. The molecular formula is C23H26F3NO6. The molecule has 2 saturated carbocycles. The summed E-state index contributed by atoms with van der Waals surface area (Å²) in [4.78, 5) is 29.0. The highest BCUT2D eigenvalue weighted by Gasteiger charge is 2.45. The number of allylic oxidation sites excluding steroid dienone is 1. The number of halogens is 3. The third kappa shape index (κ3) is 5.28. The van der Waals surface area contributed by atoms with Crippen molar-refractivity contribution in [2.24, 2.45) is 11.8 Å². The number of Topliss-reactive ketones (excluding diaryl/α,β-unsaturated/α-hetero) is 2. The largest absolute Gasteiger partial charge is 0.506 e. The van der Waals surface area contributed by atoms with Gasteiger partial charge in [-0.2, -0.15) is 13.2 Å². The summed E-state index contributed by atoms with van der Waals surface area (Å²) in [5.74, 6) is -2.23. The molecule has 0 amide bonds. The summed E-state index contributed by atoms with van der Waals surface area (Å²) in [6.07, 6.45) is -0.687. The quantitative estimate of drug-likeness (QED) is 0.279. The number of aliphatic hydroxyl groups excluding tert-OH is 1. The van der Waals surface area contributed by atoms with E-state index in [9.17, 15) is 27.9 Å². The van der Waals surface area contributed by atoms with Crippen LogP contribution in [0.3, 0.4) is 0 Å². The SMILES string of the molecule is O=C1C(=C(O)c2ccc(C(F)(F)F)nc2COCCOC2CCCCO2)C(=O)C2CCC1C2. The second-order valence-corrected chi connectivity index (χ2v) is 8.57. The molecule has 1 aromatic rings. The summed E-state index contributed by atoms with van der Waals surface area (Å²) in [7, 11) is 0. The number of nitrogens with zero attached hydrogens (tertiary/aromatic N) is 1. The molecule has 3 aliphatic rings. The monoisotopic (exact) mass is 469 g/mol. The number of carbonyl (C=O) groups excluding carboxylic acids is 2. The van der Waals surface area contributed by atoms with Crippen LogP contribution >= 0.6 is 0 Å². The third-order valence-electron chi connectivity index (χ3n) is 6.33. The summed E-state index contributed by atoms with van der Waals surface area (Å²) in [5.41, 5.74) is -1.81. The molecule has 1 saturated heterocycles. The first-order valence-electron chi connectivity index (χ1n) is 11.2. The lowest BCUT2D eigenvalue weighted by atomic mass is 9.81. The second-order valence-electron chi connectivity index (χ2n) is 8.57. The van der Waals surface area contributed by atoms with Gasteiger partial charge in [0.15, 0.2) is 17.9 Å². The van der Waals surface area contributed by atoms with E-state index >= 15 is 0 Å². The molecule has 1 N–H and O–H groups in total. The van der Waals surface area contributed by atoms with E-state index in [4.69, 9.17) is 14.2 Å². The third-order valence-corrected chi connectivity index (χ3v) is 6.33. The van der Waals surface area contributed by atoms with Crippen molar-refractivity contribution in [3.8, 4) is 0 Å². The fourth-order valence-electron chi connectivity index (χ4n) is 4.59. The number of ketones is 2. The van der Waals surface area contributed by atoms with Gasteiger partial charge in [0.25, 0.3) is 0 Å².